The van der Waals surface area contributed by atoms with Crippen molar-refractivity contribution in [2.24, 2.45) is 0 Å². The van der Waals surface area contributed by atoms with Crippen LogP contribution in [0.3, 0.4) is 0 Å². The number of nitrogens with zero attached hydrogens (tertiary/aromatic N) is 1. The standard InChI is InChI=1S/C23H35NO4/c1-2-3-4-5-6-7-8-12-18-27-22(25)21-16-13-17-24(21)23(26)28-19-20-14-10-9-11-15-20/h9-11,14-15,21H,2-8,12-13,16-19H2,1H3. The van der Waals surface area contributed by atoms with Crippen molar-refractivity contribution in [1.82, 2.24) is 4.90 Å². The maximum atomic E-state index is 12.4. The second-order valence-electron chi connectivity index (χ2n) is 7.53. The summed E-state index contributed by atoms with van der Waals surface area (Å²) in [5.41, 5.74) is 0.934. The van der Waals surface area contributed by atoms with Gasteiger partial charge in [0.1, 0.15) is 12.6 Å². The zero-order chi connectivity index (χ0) is 20.0. The topological polar surface area (TPSA) is 55.8 Å². The first-order valence-electron chi connectivity index (χ1n) is 10.9. The smallest absolute Gasteiger partial charge is 0.410 e. The zero-order valence-electron chi connectivity index (χ0n) is 17.2. The molecule has 5 heteroatoms. The van der Waals surface area contributed by atoms with E-state index in [9.17, 15) is 9.59 Å². The molecule has 28 heavy (non-hydrogen) atoms. The van der Waals surface area contributed by atoms with Crippen molar-refractivity contribution in [1.29, 1.82) is 0 Å². The Morgan fingerprint density at radius 1 is 0.964 bits per heavy atom. The molecule has 1 fully saturated rings. The number of unbranched alkanes of at least 4 members (excludes halogenated alkanes) is 7. The van der Waals surface area contributed by atoms with E-state index >= 15 is 0 Å². The van der Waals surface area contributed by atoms with Gasteiger partial charge in [-0.3, -0.25) is 4.90 Å². The summed E-state index contributed by atoms with van der Waals surface area (Å²) in [7, 11) is 0. The van der Waals surface area contributed by atoms with E-state index in [2.05, 4.69) is 6.92 Å². The lowest BCUT2D eigenvalue weighted by Crippen LogP contribution is -2.41. The van der Waals surface area contributed by atoms with Gasteiger partial charge in [-0.2, -0.15) is 0 Å². The molecule has 0 bridgehead atoms. The summed E-state index contributed by atoms with van der Waals surface area (Å²) in [6, 6.07) is 9.05. The van der Waals surface area contributed by atoms with E-state index in [0.29, 0.717) is 19.6 Å². The van der Waals surface area contributed by atoms with Crippen molar-refractivity contribution in [3.63, 3.8) is 0 Å². The van der Waals surface area contributed by atoms with Crippen molar-refractivity contribution in [2.45, 2.75) is 83.8 Å². The Morgan fingerprint density at radius 2 is 1.64 bits per heavy atom. The number of benzene rings is 1. The predicted octanol–water partition coefficient (Wildman–Crippen LogP) is 5.47. The molecular weight excluding hydrogens is 354 g/mol. The van der Waals surface area contributed by atoms with Crippen molar-refractivity contribution >= 4 is 12.1 Å². The second-order valence-corrected chi connectivity index (χ2v) is 7.53. The molecule has 0 aromatic heterocycles. The van der Waals surface area contributed by atoms with Crippen LogP contribution in [0.1, 0.15) is 76.7 Å². The minimum absolute atomic E-state index is 0.218. The average Bonchev–Trinajstić information content (AvgIpc) is 3.21. The lowest BCUT2D eigenvalue weighted by molar-refractivity contribution is -0.148. The number of rotatable bonds is 12. The van der Waals surface area contributed by atoms with Crippen LogP contribution >= 0.6 is 0 Å². The summed E-state index contributed by atoms with van der Waals surface area (Å²) in [4.78, 5) is 26.2. The molecule has 0 aliphatic carbocycles. The number of amides is 1. The molecule has 5 nitrogen and oxygen atoms in total. The van der Waals surface area contributed by atoms with Gasteiger partial charge in [-0.05, 0) is 24.8 Å². The van der Waals surface area contributed by atoms with E-state index in [4.69, 9.17) is 9.47 Å². The molecule has 0 spiro atoms. The number of carbonyl (C=O) groups excluding carboxylic acids is 2. The Morgan fingerprint density at radius 3 is 2.36 bits per heavy atom. The summed E-state index contributed by atoms with van der Waals surface area (Å²) in [6.07, 6.45) is 10.7. The van der Waals surface area contributed by atoms with Crippen molar-refractivity contribution < 1.29 is 19.1 Å². The van der Waals surface area contributed by atoms with Gasteiger partial charge < -0.3 is 9.47 Å². The van der Waals surface area contributed by atoms with Crippen molar-refractivity contribution in [3.8, 4) is 0 Å². The van der Waals surface area contributed by atoms with Crippen molar-refractivity contribution in [2.75, 3.05) is 13.2 Å². The van der Waals surface area contributed by atoms with E-state index in [1.54, 1.807) is 0 Å². The highest BCUT2D eigenvalue weighted by atomic mass is 16.6. The normalized spacial score (nSPS) is 16.2. The van der Waals surface area contributed by atoms with E-state index in [-0.39, 0.29) is 12.6 Å². The molecule has 1 amide bonds. The van der Waals surface area contributed by atoms with Crippen LogP contribution in [0.4, 0.5) is 4.79 Å². The summed E-state index contributed by atoms with van der Waals surface area (Å²) in [6.45, 7) is 3.43. The quantitative estimate of drug-likeness (QED) is 0.351. The van der Waals surface area contributed by atoms with Crippen LogP contribution in [-0.2, 0) is 20.9 Å². The molecule has 1 aromatic carbocycles. The molecule has 0 radical (unpaired) electrons. The zero-order valence-corrected chi connectivity index (χ0v) is 17.2. The molecule has 1 aliphatic rings. The Bertz CT molecular complexity index is 575. The number of hydrogen-bond donors (Lipinski definition) is 0. The lowest BCUT2D eigenvalue weighted by Gasteiger charge is -2.22. The molecule has 156 valence electrons. The maximum Gasteiger partial charge on any atom is 0.410 e. The third kappa shape index (κ3) is 7.91. The second kappa shape index (κ2) is 13.2. The number of hydrogen-bond acceptors (Lipinski definition) is 4. The van der Waals surface area contributed by atoms with Gasteiger partial charge in [0, 0.05) is 6.54 Å². The maximum absolute atomic E-state index is 12.4. The highest BCUT2D eigenvalue weighted by molar-refractivity contribution is 5.82. The molecule has 1 aliphatic heterocycles. The SMILES string of the molecule is CCCCCCCCCCOC(=O)C1CCCN1C(=O)OCc1ccccc1. The molecule has 1 heterocycles. The molecule has 0 N–H and O–H groups in total. The molecule has 1 atom stereocenters. The van der Waals surface area contributed by atoms with E-state index in [1.807, 2.05) is 30.3 Å². The Balaban J connectivity index is 1.61. The Kier molecular flexibility index (Phi) is 10.5. The molecule has 1 unspecified atom stereocenters. The van der Waals surface area contributed by atoms with E-state index < -0.39 is 12.1 Å². The monoisotopic (exact) mass is 389 g/mol. The van der Waals surface area contributed by atoms with Gasteiger partial charge in [-0.1, -0.05) is 82.2 Å². The van der Waals surface area contributed by atoms with Gasteiger partial charge in [0.25, 0.3) is 0 Å². The number of esters is 1. The molecule has 1 aromatic rings. The van der Waals surface area contributed by atoms with Gasteiger partial charge in [0.05, 0.1) is 6.61 Å². The predicted molar refractivity (Wildman–Crippen MR) is 110 cm³/mol. The molecule has 0 saturated carbocycles. The highest BCUT2D eigenvalue weighted by Crippen LogP contribution is 2.20. The average molecular weight is 390 g/mol. The largest absolute Gasteiger partial charge is 0.464 e. The van der Waals surface area contributed by atoms with Crippen LogP contribution in [0.2, 0.25) is 0 Å². The summed E-state index contributed by atoms with van der Waals surface area (Å²) < 4.78 is 10.8. The van der Waals surface area contributed by atoms with Gasteiger partial charge in [0.15, 0.2) is 0 Å². The molecule has 1 saturated heterocycles. The van der Waals surface area contributed by atoms with E-state index in [0.717, 1.165) is 24.8 Å². The minimum atomic E-state index is -0.502. The van der Waals surface area contributed by atoms with Gasteiger partial charge in [0.2, 0.25) is 0 Å². The number of ether oxygens (including phenoxy) is 2. The first kappa shape index (κ1) is 22.3. The fourth-order valence-corrected chi connectivity index (χ4v) is 3.54. The van der Waals surface area contributed by atoms with Gasteiger partial charge in [-0.15, -0.1) is 0 Å². The molecular formula is C23H35NO4. The third-order valence-electron chi connectivity index (χ3n) is 5.21. The first-order valence-corrected chi connectivity index (χ1v) is 10.9. The minimum Gasteiger partial charge on any atom is -0.464 e. The molecule has 2 rings (SSSR count). The van der Waals surface area contributed by atoms with Crippen LogP contribution in [0.5, 0.6) is 0 Å². The Labute approximate surface area is 169 Å². The fourth-order valence-electron chi connectivity index (χ4n) is 3.54. The van der Waals surface area contributed by atoms with Gasteiger partial charge in [-0.25, -0.2) is 9.59 Å². The third-order valence-corrected chi connectivity index (χ3v) is 5.21. The van der Waals surface area contributed by atoms with Gasteiger partial charge >= 0.3 is 12.1 Å². The lowest BCUT2D eigenvalue weighted by atomic mass is 10.1. The van der Waals surface area contributed by atoms with Crippen molar-refractivity contribution in [3.05, 3.63) is 35.9 Å². The van der Waals surface area contributed by atoms with Crippen LogP contribution in [0, 0.1) is 0 Å². The number of likely N-dealkylation sites (tertiary alicyclic amines) is 1. The van der Waals surface area contributed by atoms with Crippen LogP contribution in [0.25, 0.3) is 0 Å². The Hall–Kier alpha value is -2.04. The van der Waals surface area contributed by atoms with Crippen LogP contribution < -0.4 is 0 Å². The van der Waals surface area contributed by atoms with E-state index in [1.165, 1.54) is 43.4 Å². The van der Waals surface area contributed by atoms with Crippen LogP contribution in [0.15, 0.2) is 30.3 Å². The summed E-state index contributed by atoms with van der Waals surface area (Å²) >= 11 is 0. The van der Waals surface area contributed by atoms with Crippen LogP contribution in [-0.4, -0.2) is 36.2 Å². The fraction of sp³-hybridized carbons (Fsp3) is 0.652. The highest BCUT2D eigenvalue weighted by Gasteiger charge is 2.36. The summed E-state index contributed by atoms with van der Waals surface area (Å²) in [5.74, 6) is -0.294. The first-order chi connectivity index (χ1) is 13.7. The number of carbonyl (C=O) groups is 2. The summed E-state index contributed by atoms with van der Waals surface area (Å²) in [5, 5.41) is 0.